The van der Waals surface area contributed by atoms with Crippen molar-refractivity contribution >= 4 is 64.1 Å². The van der Waals surface area contributed by atoms with Gasteiger partial charge in [0, 0.05) is 27.7 Å². The Bertz CT molecular complexity index is 1400. The molecule has 0 radical (unpaired) electrons. The van der Waals surface area contributed by atoms with Gasteiger partial charge in [-0.1, -0.05) is 52.5 Å². The number of rotatable bonds is 9. The van der Waals surface area contributed by atoms with Gasteiger partial charge in [-0.3, -0.25) is 4.79 Å². The molecule has 0 aliphatic carbocycles. The molecule has 0 spiro atoms. The van der Waals surface area contributed by atoms with Crippen LogP contribution in [0.25, 0.3) is 6.08 Å². The van der Waals surface area contributed by atoms with Crippen LogP contribution in [0, 0.1) is 11.3 Å². The number of carbonyl (C=O) groups is 1. The summed E-state index contributed by atoms with van der Waals surface area (Å²) in [6.07, 6.45) is 1.36. The number of halogens is 4. The van der Waals surface area contributed by atoms with Crippen molar-refractivity contribution < 1.29 is 23.7 Å². The van der Waals surface area contributed by atoms with Gasteiger partial charge in [0.1, 0.15) is 29.7 Å². The van der Waals surface area contributed by atoms with Gasteiger partial charge in [-0.15, -0.1) is 0 Å². The lowest BCUT2D eigenvalue weighted by molar-refractivity contribution is -0.112. The number of nitriles is 1. The van der Waals surface area contributed by atoms with E-state index in [0.717, 1.165) is 0 Å². The molecular weight excluding hydrogens is 562 g/mol. The number of anilines is 1. The molecule has 0 saturated carbocycles. The van der Waals surface area contributed by atoms with Crippen molar-refractivity contribution in [3.63, 3.8) is 0 Å². The normalized spacial score (nSPS) is 10.9. The summed E-state index contributed by atoms with van der Waals surface area (Å²) in [6.45, 7) is 0.111. The van der Waals surface area contributed by atoms with Crippen molar-refractivity contribution in [3.8, 4) is 29.1 Å². The first-order valence-electron chi connectivity index (χ1n) is 10.5. The maximum absolute atomic E-state index is 12.9. The second-order valence-electron chi connectivity index (χ2n) is 7.37. The first-order valence-corrected chi connectivity index (χ1v) is 12.0. The van der Waals surface area contributed by atoms with E-state index in [1.807, 2.05) is 6.07 Å². The van der Waals surface area contributed by atoms with Gasteiger partial charge in [0.25, 0.3) is 5.91 Å². The number of nitrogens with one attached hydrogen (secondary N) is 1. The highest BCUT2D eigenvalue weighted by atomic mass is 35.5. The van der Waals surface area contributed by atoms with Crippen LogP contribution in [0.3, 0.4) is 0 Å². The lowest BCUT2D eigenvalue weighted by Gasteiger charge is -2.14. The van der Waals surface area contributed by atoms with Crippen LogP contribution in [0.5, 0.6) is 23.0 Å². The van der Waals surface area contributed by atoms with Crippen molar-refractivity contribution in [1.29, 1.82) is 5.26 Å². The fourth-order valence-electron chi connectivity index (χ4n) is 3.21. The summed E-state index contributed by atoms with van der Waals surface area (Å²) in [5.74, 6) is 0.507. The molecule has 3 rings (SSSR count). The molecule has 1 N–H and O–H groups in total. The van der Waals surface area contributed by atoms with Gasteiger partial charge < -0.3 is 24.3 Å². The van der Waals surface area contributed by atoms with E-state index in [9.17, 15) is 10.1 Å². The highest BCUT2D eigenvalue weighted by Crippen LogP contribution is 2.39. The molecule has 0 heterocycles. The van der Waals surface area contributed by atoms with Crippen LogP contribution in [-0.2, 0) is 11.4 Å². The van der Waals surface area contributed by atoms with Crippen molar-refractivity contribution in [2.45, 2.75) is 6.61 Å². The second kappa shape index (κ2) is 12.8. The van der Waals surface area contributed by atoms with Crippen LogP contribution in [-0.4, -0.2) is 27.2 Å². The number of methoxy groups -OCH3 is 3. The van der Waals surface area contributed by atoms with Crippen LogP contribution < -0.4 is 24.3 Å². The molecule has 192 valence electrons. The van der Waals surface area contributed by atoms with Crippen LogP contribution in [0.4, 0.5) is 5.69 Å². The number of carbonyl (C=O) groups excluding carboxylic acids is 1. The molecule has 0 aliphatic heterocycles. The van der Waals surface area contributed by atoms with Crippen molar-refractivity contribution in [3.05, 3.63) is 79.3 Å². The van der Waals surface area contributed by atoms with Gasteiger partial charge in [-0.2, -0.15) is 5.26 Å². The van der Waals surface area contributed by atoms with E-state index in [4.69, 9.17) is 65.4 Å². The number of benzene rings is 3. The molecule has 0 fully saturated rings. The smallest absolute Gasteiger partial charge is 0.266 e. The molecule has 0 bridgehead atoms. The van der Waals surface area contributed by atoms with Crippen molar-refractivity contribution in [1.82, 2.24) is 0 Å². The summed E-state index contributed by atoms with van der Waals surface area (Å²) in [6, 6.07) is 13.0. The minimum absolute atomic E-state index is 0.111. The molecule has 0 aromatic heterocycles. The highest BCUT2D eigenvalue weighted by Gasteiger charge is 2.17. The van der Waals surface area contributed by atoms with E-state index in [2.05, 4.69) is 5.32 Å². The molecular formula is C26H20Cl4N2O5. The Labute approximate surface area is 234 Å². The molecule has 3 aromatic carbocycles. The Morgan fingerprint density at radius 1 is 0.892 bits per heavy atom. The molecule has 0 aliphatic rings. The fourth-order valence-corrected chi connectivity index (χ4v) is 4.18. The summed E-state index contributed by atoms with van der Waals surface area (Å²) < 4.78 is 21.7. The van der Waals surface area contributed by atoms with E-state index >= 15 is 0 Å². The monoisotopic (exact) mass is 580 g/mol. The van der Waals surface area contributed by atoms with Gasteiger partial charge >= 0.3 is 0 Å². The largest absolute Gasteiger partial charge is 0.495 e. The Hall–Kier alpha value is -3.28. The molecule has 11 heteroatoms. The number of amides is 1. The molecule has 0 saturated heterocycles. The number of nitrogens with zero attached hydrogens (tertiary/aromatic N) is 1. The zero-order valence-corrected chi connectivity index (χ0v) is 22.8. The van der Waals surface area contributed by atoms with E-state index < -0.39 is 5.91 Å². The number of hydrogen-bond acceptors (Lipinski definition) is 6. The van der Waals surface area contributed by atoms with E-state index in [-0.39, 0.29) is 28.6 Å². The summed E-state index contributed by atoms with van der Waals surface area (Å²) >= 11 is 24.7. The average Bonchev–Trinajstić information content (AvgIpc) is 2.87. The summed E-state index contributed by atoms with van der Waals surface area (Å²) in [7, 11) is 4.31. The molecule has 7 nitrogen and oxygen atoms in total. The molecule has 37 heavy (non-hydrogen) atoms. The first kappa shape index (κ1) is 28.3. The Balaban J connectivity index is 1.86. The van der Waals surface area contributed by atoms with Crippen LogP contribution in [0.1, 0.15) is 11.1 Å². The minimum atomic E-state index is -0.682. The van der Waals surface area contributed by atoms with Gasteiger partial charge in [-0.05, 0) is 35.9 Å². The predicted octanol–water partition coefficient (Wildman–Crippen LogP) is 7.45. The molecule has 3 aromatic rings. The van der Waals surface area contributed by atoms with Gasteiger partial charge in [0.15, 0.2) is 11.5 Å². The molecule has 0 atom stereocenters. The summed E-state index contributed by atoms with van der Waals surface area (Å²) in [5, 5.41) is 13.7. The number of hydrogen-bond donors (Lipinski definition) is 1. The first-order chi connectivity index (χ1) is 17.7. The lowest BCUT2D eigenvalue weighted by Crippen LogP contribution is -2.14. The van der Waals surface area contributed by atoms with Gasteiger partial charge in [0.2, 0.25) is 0 Å². The second-order valence-corrected chi connectivity index (χ2v) is 9.03. The van der Waals surface area contributed by atoms with Gasteiger partial charge in [-0.25, -0.2) is 0 Å². The maximum Gasteiger partial charge on any atom is 0.266 e. The number of ether oxygens (including phenoxy) is 4. The predicted molar refractivity (Wildman–Crippen MR) is 146 cm³/mol. The van der Waals surface area contributed by atoms with Crippen molar-refractivity contribution in [2.24, 2.45) is 0 Å². The van der Waals surface area contributed by atoms with E-state index in [1.54, 1.807) is 30.3 Å². The topological polar surface area (TPSA) is 89.8 Å². The average molecular weight is 582 g/mol. The third-order valence-corrected chi connectivity index (χ3v) is 6.20. The maximum atomic E-state index is 12.9. The van der Waals surface area contributed by atoms with Crippen LogP contribution in [0.15, 0.2) is 48.0 Å². The standard InChI is InChI=1S/C26H20Cl4N2O5/c1-34-22-11-21(23(35-2)10-19(22)29)32-26(33)16(12-31)6-14-7-20(30)25(24(8-14)36-3)37-13-15-4-5-17(27)9-18(15)28/h4-11H,13H2,1-3H3,(H,32,33)/b16-6+. The minimum Gasteiger partial charge on any atom is -0.495 e. The summed E-state index contributed by atoms with van der Waals surface area (Å²) in [4.78, 5) is 12.9. The van der Waals surface area contributed by atoms with E-state index in [1.165, 1.54) is 39.5 Å². The fraction of sp³-hybridized carbons (Fsp3) is 0.154. The lowest BCUT2D eigenvalue weighted by atomic mass is 10.1. The van der Waals surface area contributed by atoms with Gasteiger partial charge in [0.05, 0.1) is 37.1 Å². The summed E-state index contributed by atoms with van der Waals surface area (Å²) in [5.41, 5.74) is 1.21. The Morgan fingerprint density at radius 3 is 2.22 bits per heavy atom. The quantitative estimate of drug-likeness (QED) is 0.208. The third-order valence-electron chi connectivity index (χ3n) is 5.04. The zero-order chi connectivity index (χ0) is 27.1. The Kier molecular flexibility index (Phi) is 9.79. The zero-order valence-electron chi connectivity index (χ0n) is 19.8. The van der Waals surface area contributed by atoms with E-state index in [0.29, 0.717) is 43.4 Å². The Morgan fingerprint density at radius 2 is 1.59 bits per heavy atom. The molecule has 0 unspecified atom stereocenters. The molecule has 1 amide bonds. The SMILES string of the molecule is COc1cc(NC(=O)/C(C#N)=C/c2cc(Cl)c(OCc3ccc(Cl)cc3Cl)c(OC)c2)c(OC)cc1Cl. The van der Waals surface area contributed by atoms with Crippen LogP contribution >= 0.6 is 46.4 Å². The van der Waals surface area contributed by atoms with Crippen LogP contribution in [0.2, 0.25) is 20.1 Å². The third kappa shape index (κ3) is 6.94. The highest BCUT2D eigenvalue weighted by molar-refractivity contribution is 6.35. The van der Waals surface area contributed by atoms with Crippen molar-refractivity contribution in [2.75, 3.05) is 26.6 Å².